The largest absolute Gasteiger partial charge is 0.444 e. The van der Waals surface area contributed by atoms with Gasteiger partial charge < -0.3 is 18.7 Å². The van der Waals surface area contributed by atoms with Crippen molar-refractivity contribution in [3.05, 3.63) is 0 Å². The van der Waals surface area contributed by atoms with Gasteiger partial charge in [-0.25, -0.2) is 4.79 Å². The van der Waals surface area contributed by atoms with Gasteiger partial charge in [-0.3, -0.25) is 4.90 Å². The highest BCUT2D eigenvalue weighted by molar-refractivity contribution is 6.74. The van der Waals surface area contributed by atoms with Gasteiger partial charge in [0.05, 0.1) is 18.8 Å². The first-order chi connectivity index (χ1) is 11.5. The van der Waals surface area contributed by atoms with Crippen LogP contribution in [0.15, 0.2) is 0 Å². The van der Waals surface area contributed by atoms with Crippen LogP contribution in [0.2, 0.25) is 18.1 Å². The highest BCUT2D eigenvalue weighted by atomic mass is 28.4. The Kier molecular flexibility index (Phi) is 6.76. The summed E-state index contributed by atoms with van der Waals surface area (Å²) in [5.74, 6) is 0. The van der Waals surface area contributed by atoms with E-state index in [-0.39, 0.29) is 17.5 Å². The summed E-state index contributed by atoms with van der Waals surface area (Å²) in [6.07, 6.45) is 0.217. The van der Waals surface area contributed by atoms with E-state index in [0.29, 0.717) is 6.61 Å². The van der Waals surface area contributed by atoms with E-state index in [1.54, 1.807) is 4.90 Å². The van der Waals surface area contributed by atoms with Crippen LogP contribution in [-0.2, 0) is 18.7 Å². The minimum atomic E-state index is -2.12. The Morgan fingerprint density at radius 3 is 2.23 bits per heavy atom. The Balaban J connectivity index is 3.15. The van der Waals surface area contributed by atoms with Crippen molar-refractivity contribution in [1.29, 1.82) is 0 Å². The van der Waals surface area contributed by atoms with Crippen molar-refractivity contribution in [2.75, 3.05) is 6.61 Å². The predicted octanol–water partition coefficient (Wildman–Crippen LogP) is 4.34. The molecule has 1 aliphatic heterocycles. The predicted molar refractivity (Wildman–Crippen MR) is 105 cm³/mol. The molecule has 0 unspecified atom stereocenters. The Morgan fingerprint density at radius 2 is 1.81 bits per heavy atom. The molecule has 0 aromatic carbocycles. The molecule has 1 fully saturated rings. The lowest BCUT2D eigenvalue weighted by Crippen LogP contribution is -2.56. The van der Waals surface area contributed by atoms with Crippen LogP contribution in [0, 0.1) is 0 Å². The molecule has 0 N–H and O–H groups in total. The molecule has 26 heavy (non-hydrogen) atoms. The van der Waals surface area contributed by atoms with Gasteiger partial charge in [0, 0.05) is 6.42 Å². The van der Waals surface area contributed by atoms with Crippen LogP contribution >= 0.6 is 0 Å². The molecule has 152 valence electrons. The molecule has 7 heteroatoms. The quantitative estimate of drug-likeness (QED) is 0.519. The van der Waals surface area contributed by atoms with Crippen molar-refractivity contribution in [3.63, 3.8) is 0 Å². The topological polar surface area (TPSA) is 65.1 Å². The third kappa shape index (κ3) is 5.54. The first-order valence-electron chi connectivity index (χ1n) is 9.29. The van der Waals surface area contributed by atoms with Gasteiger partial charge in [-0.1, -0.05) is 20.8 Å². The summed E-state index contributed by atoms with van der Waals surface area (Å²) in [6.45, 7) is 20.2. The van der Waals surface area contributed by atoms with Gasteiger partial charge in [-0.05, 0) is 52.8 Å². The van der Waals surface area contributed by atoms with Gasteiger partial charge in [0.25, 0.3) is 0 Å². The van der Waals surface area contributed by atoms with Crippen LogP contribution in [-0.4, -0.2) is 55.7 Å². The van der Waals surface area contributed by atoms with Crippen molar-refractivity contribution < 1.29 is 23.5 Å². The molecule has 0 saturated carbocycles. The molecule has 2 atom stereocenters. The fourth-order valence-corrected chi connectivity index (χ4v) is 4.07. The maximum absolute atomic E-state index is 12.8. The summed E-state index contributed by atoms with van der Waals surface area (Å²) < 4.78 is 18.0. The maximum atomic E-state index is 12.8. The van der Waals surface area contributed by atoms with Crippen LogP contribution < -0.4 is 0 Å². The Hall–Kier alpha value is -0.923. The molecule has 1 rings (SSSR count). The average Bonchev–Trinajstić information content (AvgIpc) is 2.70. The number of carbonyl (C=O) groups excluding carboxylic acids is 2. The van der Waals surface area contributed by atoms with Crippen LogP contribution in [0.1, 0.15) is 61.8 Å². The summed E-state index contributed by atoms with van der Waals surface area (Å²) in [7, 11) is -2.12. The second-order valence-corrected chi connectivity index (χ2v) is 14.8. The molecule has 0 spiro atoms. The standard InChI is InChI=1S/C19H37NO5Si/c1-17(2,3)24-16(22)20-14(13-23-19(20,7)8)15(11-12-21)25-26(9,10)18(4,5)6/h12,14-15H,11,13H2,1-10H3/t14-,15-/m1/s1. The van der Waals surface area contributed by atoms with E-state index in [9.17, 15) is 9.59 Å². The molecule has 0 bridgehead atoms. The highest BCUT2D eigenvalue weighted by Gasteiger charge is 2.51. The zero-order valence-electron chi connectivity index (χ0n) is 18.1. The molecule has 1 aliphatic rings. The van der Waals surface area contributed by atoms with E-state index < -0.39 is 31.8 Å². The lowest BCUT2D eigenvalue weighted by atomic mass is 10.1. The highest BCUT2D eigenvalue weighted by Crippen LogP contribution is 2.40. The van der Waals surface area contributed by atoms with Gasteiger partial charge in [0.2, 0.25) is 0 Å². The molecule has 1 amide bonds. The molecule has 0 aromatic heterocycles. The third-order valence-electron chi connectivity index (χ3n) is 5.12. The molecule has 1 heterocycles. The maximum Gasteiger partial charge on any atom is 0.412 e. The zero-order chi connectivity index (χ0) is 20.6. The van der Waals surface area contributed by atoms with Crippen LogP contribution in [0.4, 0.5) is 4.79 Å². The Bertz CT molecular complexity index is 519. The Morgan fingerprint density at radius 1 is 1.27 bits per heavy atom. The minimum absolute atomic E-state index is 0.000137. The summed E-state index contributed by atoms with van der Waals surface area (Å²) in [6, 6.07) is -0.362. The summed E-state index contributed by atoms with van der Waals surface area (Å²) >= 11 is 0. The van der Waals surface area contributed by atoms with Gasteiger partial charge in [0.15, 0.2) is 8.32 Å². The number of hydrogen-bond acceptors (Lipinski definition) is 5. The summed E-state index contributed by atoms with van der Waals surface area (Å²) in [5, 5.41) is -0.000137. The lowest BCUT2D eigenvalue weighted by molar-refractivity contribution is -0.110. The molecule has 0 radical (unpaired) electrons. The van der Waals surface area contributed by atoms with E-state index in [0.717, 1.165) is 6.29 Å². The van der Waals surface area contributed by atoms with E-state index >= 15 is 0 Å². The summed E-state index contributed by atoms with van der Waals surface area (Å²) in [5.41, 5.74) is -1.42. The van der Waals surface area contributed by atoms with E-state index in [1.807, 2.05) is 34.6 Å². The van der Waals surface area contributed by atoms with Crippen LogP contribution in [0.25, 0.3) is 0 Å². The second kappa shape index (κ2) is 7.60. The SMILES string of the molecule is CC(C)(C)OC(=O)N1[C@@H]([C@@H](CC=O)O[Si](C)(C)C(C)(C)C)COC1(C)C. The third-order valence-corrected chi connectivity index (χ3v) is 9.62. The fraction of sp³-hybridized carbons (Fsp3) is 0.895. The van der Waals surface area contributed by atoms with E-state index in [4.69, 9.17) is 13.9 Å². The Labute approximate surface area is 159 Å². The number of aldehydes is 1. The first-order valence-corrected chi connectivity index (χ1v) is 12.2. The van der Waals surface area contributed by atoms with Crippen LogP contribution in [0.5, 0.6) is 0 Å². The monoisotopic (exact) mass is 387 g/mol. The molecule has 6 nitrogen and oxygen atoms in total. The van der Waals surface area contributed by atoms with E-state index in [2.05, 4.69) is 33.9 Å². The second-order valence-electron chi connectivity index (χ2n) is 9.99. The molecular weight excluding hydrogens is 350 g/mol. The lowest BCUT2D eigenvalue weighted by Gasteiger charge is -2.43. The van der Waals surface area contributed by atoms with Crippen molar-refractivity contribution in [2.24, 2.45) is 0 Å². The van der Waals surface area contributed by atoms with Gasteiger partial charge in [-0.15, -0.1) is 0 Å². The van der Waals surface area contributed by atoms with Crippen molar-refractivity contribution >= 4 is 20.7 Å². The number of rotatable bonds is 5. The van der Waals surface area contributed by atoms with E-state index in [1.165, 1.54) is 0 Å². The minimum Gasteiger partial charge on any atom is -0.444 e. The van der Waals surface area contributed by atoms with Crippen molar-refractivity contribution in [3.8, 4) is 0 Å². The molecule has 0 aliphatic carbocycles. The number of hydrogen-bond donors (Lipinski definition) is 0. The molecular formula is C19H37NO5Si. The number of carbonyl (C=O) groups is 2. The van der Waals surface area contributed by atoms with Crippen LogP contribution in [0.3, 0.4) is 0 Å². The number of ether oxygens (including phenoxy) is 2. The summed E-state index contributed by atoms with van der Waals surface area (Å²) in [4.78, 5) is 25.8. The van der Waals surface area contributed by atoms with Gasteiger partial charge >= 0.3 is 6.09 Å². The van der Waals surface area contributed by atoms with Gasteiger partial charge in [0.1, 0.15) is 17.6 Å². The first kappa shape index (κ1) is 23.1. The van der Waals surface area contributed by atoms with Crippen molar-refractivity contribution in [2.45, 2.75) is 103 Å². The molecule has 0 aromatic rings. The van der Waals surface area contributed by atoms with Gasteiger partial charge in [-0.2, -0.15) is 0 Å². The zero-order valence-corrected chi connectivity index (χ0v) is 19.1. The number of nitrogens with zero attached hydrogens (tertiary/aromatic N) is 1. The normalized spacial score (nSPS) is 22.2. The number of amides is 1. The van der Waals surface area contributed by atoms with Crippen molar-refractivity contribution in [1.82, 2.24) is 4.90 Å². The molecule has 1 saturated heterocycles. The fourth-order valence-electron chi connectivity index (χ4n) is 2.71. The average molecular weight is 388 g/mol. The smallest absolute Gasteiger partial charge is 0.412 e.